The van der Waals surface area contributed by atoms with Gasteiger partial charge in [0.25, 0.3) is 5.91 Å². The van der Waals surface area contributed by atoms with Crippen molar-refractivity contribution in [2.75, 3.05) is 19.0 Å². The second kappa shape index (κ2) is 10.1. The highest BCUT2D eigenvalue weighted by molar-refractivity contribution is 6.15. The van der Waals surface area contributed by atoms with Crippen molar-refractivity contribution in [3.63, 3.8) is 0 Å². The molecule has 9 heteroatoms. The first-order valence-electron chi connectivity index (χ1n) is 10.9. The molecule has 0 aliphatic carbocycles. The first-order chi connectivity index (χ1) is 16.9. The van der Waals surface area contributed by atoms with Crippen LogP contribution in [0.1, 0.15) is 28.6 Å². The van der Waals surface area contributed by atoms with Gasteiger partial charge in [-0.3, -0.25) is 9.59 Å². The average molecular weight is 473 g/mol. The van der Waals surface area contributed by atoms with Crippen LogP contribution >= 0.6 is 0 Å². The Bertz CT molecular complexity index is 1320. The molecule has 1 aromatic heterocycles. The van der Waals surface area contributed by atoms with Gasteiger partial charge in [-0.25, -0.2) is 14.5 Å². The van der Waals surface area contributed by atoms with Crippen LogP contribution in [0.4, 0.5) is 10.5 Å². The summed E-state index contributed by atoms with van der Waals surface area (Å²) in [6.45, 7) is 1.55. The molecule has 2 N–H and O–H groups in total. The average Bonchev–Trinajstić information content (AvgIpc) is 3.44. The fourth-order valence-corrected chi connectivity index (χ4v) is 3.62. The number of aryl methyl sites for hydroxylation is 1. The Morgan fingerprint density at radius 2 is 1.80 bits per heavy atom. The second-order valence-electron chi connectivity index (χ2n) is 7.71. The Morgan fingerprint density at radius 1 is 1.06 bits per heavy atom. The van der Waals surface area contributed by atoms with E-state index in [1.165, 1.54) is 13.2 Å². The zero-order valence-electron chi connectivity index (χ0n) is 19.2. The Morgan fingerprint density at radius 3 is 2.51 bits per heavy atom. The fraction of sp³-hybridized carbons (Fsp3) is 0.154. The van der Waals surface area contributed by atoms with Crippen molar-refractivity contribution in [2.45, 2.75) is 13.3 Å². The Hall–Kier alpha value is -4.66. The number of furan rings is 1. The minimum absolute atomic E-state index is 0.00121. The van der Waals surface area contributed by atoms with Gasteiger partial charge in [-0.05, 0) is 42.3 Å². The van der Waals surface area contributed by atoms with Crippen molar-refractivity contribution in [1.29, 1.82) is 0 Å². The number of nitrogens with one attached hydrogen (secondary N) is 2. The topological polar surface area (TPSA) is 118 Å². The van der Waals surface area contributed by atoms with Crippen molar-refractivity contribution < 1.29 is 28.3 Å². The van der Waals surface area contributed by atoms with Gasteiger partial charge < -0.3 is 19.8 Å². The van der Waals surface area contributed by atoms with E-state index in [0.29, 0.717) is 22.8 Å². The summed E-state index contributed by atoms with van der Waals surface area (Å²) in [7, 11) is 1.31. The van der Waals surface area contributed by atoms with Gasteiger partial charge in [-0.15, -0.1) is 0 Å². The number of imide groups is 1. The zero-order valence-corrected chi connectivity index (χ0v) is 19.2. The number of hydrogen-bond acceptors (Lipinski definition) is 6. The van der Waals surface area contributed by atoms with Crippen LogP contribution in [0.3, 0.4) is 0 Å². The maximum atomic E-state index is 12.7. The lowest BCUT2D eigenvalue weighted by Crippen LogP contribution is -2.38. The van der Waals surface area contributed by atoms with Crippen LogP contribution in [0.15, 0.2) is 70.8 Å². The predicted molar refractivity (Wildman–Crippen MR) is 128 cm³/mol. The molecular formula is C26H23N3O6. The molecule has 0 atom stereocenters. The molecule has 0 bridgehead atoms. The van der Waals surface area contributed by atoms with E-state index in [9.17, 15) is 19.2 Å². The van der Waals surface area contributed by atoms with Crippen molar-refractivity contribution in [1.82, 2.24) is 10.2 Å². The van der Waals surface area contributed by atoms with Crippen molar-refractivity contribution in [3.05, 3.63) is 83.2 Å². The highest BCUT2D eigenvalue weighted by Gasteiger charge is 2.35. The van der Waals surface area contributed by atoms with Crippen LogP contribution in [0.25, 0.3) is 17.4 Å². The largest absolute Gasteiger partial charge is 0.465 e. The third-order valence-electron chi connectivity index (χ3n) is 5.44. The second-order valence-corrected chi connectivity index (χ2v) is 7.71. The van der Waals surface area contributed by atoms with E-state index in [0.717, 1.165) is 22.4 Å². The third-order valence-corrected chi connectivity index (χ3v) is 5.44. The number of esters is 1. The van der Waals surface area contributed by atoms with Crippen molar-refractivity contribution in [3.8, 4) is 11.3 Å². The smallest absolute Gasteiger partial charge is 0.337 e. The summed E-state index contributed by atoms with van der Waals surface area (Å²) < 4.78 is 10.5. The number of hydrogen-bond donors (Lipinski definition) is 2. The molecule has 1 fully saturated rings. The minimum atomic E-state index is -0.689. The van der Waals surface area contributed by atoms with Crippen LogP contribution in [0, 0.1) is 0 Å². The number of carbonyl (C=O) groups is 4. The van der Waals surface area contributed by atoms with E-state index >= 15 is 0 Å². The fourth-order valence-electron chi connectivity index (χ4n) is 3.62. The summed E-state index contributed by atoms with van der Waals surface area (Å²) >= 11 is 0. The SMILES string of the molecule is CCc1ccccc1NC(=O)CN1C(=O)N/C(=C/c2ccc(-c3ccc(C(=O)OC)cc3)o2)C1=O. The van der Waals surface area contributed by atoms with Crippen molar-refractivity contribution >= 4 is 35.6 Å². The normalized spacial score (nSPS) is 14.2. The van der Waals surface area contributed by atoms with E-state index < -0.39 is 30.4 Å². The summed E-state index contributed by atoms with van der Waals surface area (Å²) in [4.78, 5) is 50.0. The number of carbonyl (C=O) groups excluding carboxylic acids is 4. The molecule has 1 aliphatic rings. The molecule has 2 aromatic carbocycles. The lowest BCUT2D eigenvalue weighted by atomic mass is 10.1. The third kappa shape index (κ3) is 5.14. The van der Waals surface area contributed by atoms with E-state index in [4.69, 9.17) is 4.42 Å². The molecule has 2 heterocycles. The number of rotatable bonds is 7. The zero-order chi connectivity index (χ0) is 24.9. The summed E-state index contributed by atoms with van der Waals surface area (Å²) in [5.41, 5.74) is 2.72. The molecule has 0 radical (unpaired) electrons. The maximum absolute atomic E-state index is 12.7. The summed E-state index contributed by atoms with van der Waals surface area (Å²) in [5, 5.41) is 5.23. The summed E-state index contributed by atoms with van der Waals surface area (Å²) in [6, 6.07) is 16.7. The van der Waals surface area contributed by atoms with Crippen LogP contribution in [0.2, 0.25) is 0 Å². The molecule has 178 valence electrons. The minimum Gasteiger partial charge on any atom is -0.465 e. The van der Waals surface area contributed by atoms with E-state index in [1.807, 2.05) is 19.1 Å². The molecule has 0 saturated carbocycles. The molecule has 4 rings (SSSR count). The van der Waals surface area contributed by atoms with Gasteiger partial charge in [0, 0.05) is 17.3 Å². The molecule has 4 amide bonds. The highest BCUT2D eigenvalue weighted by Crippen LogP contribution is 2.25. The summed E-state index contributed by atoms with van der Waals surface area (Å²) in [6.07, 6.45) is 2.13. The number of ether oxygens (including phenoxy) is 1. The Labute approximate surface area is 201 Å². The molecule has 0 spiro atoms. The molecule has 35 heavy (non-hydrogen) atoms. The van der Waals surface area contributed by atoms with Gasteiger partial charge in [-0.2, -0.15) is 0 Å². The number of methoxy groups -OCH3 is 1. The van der Waals surface area contributed by atoms with Crippen LogP contribution in [0.5, 0.6) is 0 Å². The molecule has 1 aliphatic heterocycles. The number of anilines is 1. The van der Waals surface area contributed by atoms with Gasteiger partial charge >= 0.3 is 12.0 Å². The molecule has 1 saturated heterocycles. The number of nitrogens with zero attached hydrogens (tertiary/aromatic N) is 1. The maximum Gasteiger partial charge on any atom is 0.337 e. The molecule has 9 nitrogen and oxygen atoms in total. The van der Waals surface area contributed by atoms with Gasteiger partial charge in [0.15, 0.2) is 0 Å². The van der Waals surface area contributed by atoms with E-state index in [-0.39, 0.29) is 5.70 Å². The first kappa shape index (κ1) is 23.5. The first-order valence-corrected chi connectivity index (χ1v) is 10.9. The lowest BCUT2D eigenvalue weighted by Gasteiger charge is -2.13. The van der Waals surface area contributed by atoms with Crippen LogP contribution in [-0.4, -0.2) is 42.4 Å². The van der Waals surface area contributed by atoms with Gasteiger partial charge in [-0.1, -0.05) is 37.3 Å². The van der Waals surface area contributed by atoms with Gasteiger partial charge in [0.2, 0.25) is 5.91 Å². The predicted octanol–water partition coefficient (Wildman–Crippen LogP) is 3.83. The highest BCUT2D eigenvalue weighted by atomic mass is 16.5. The quantitative estimate of drug-likeness (QED) is 0.306. The van der Waals surface area contributed by atoms with Crippen LogP contribution < -0.4 is 10.6 Å². The van der Waals surface area contributed by atoms with Crippen LogP contribution in [-0.2, 0) is 20.7 Å². The van der Waals surface area contributed by atoms with E-state index in [2.05, 4.69) is 15.4 Å². The molecular weight excluding hydrogens is 450 g/mol. The van der Waals surface area contributed by atoms with E-state index in [1.54, 1.807) is 48.5 Å². The Kier molecular flexibility index (Phi) is 6.77. The Balaban J connectivity index is 1.44. The monoisotopic (exact) mass is 473 g/mol. The van der Waals surface area contributed by atoms with Crippen molar-refractivity contribution in [2.24, 2.45) is 0 Å². The van der Waals surface area contributed by atoms with Gasteiger partial charge in [0.05, 0.1) is 12.7 Å². The number of amides is 4. The number of benzene rings is 2. The van der Waals surface area contributed by atoms with Gasteiger partial charge in [0.1, 0.15) is 23.8 Å². The number of urea groups is 1. The lowest BCUT2D eigenvalue weighted by molar-refractivity contribution is -0.127. The molecule has 3 aromatic rings. The summed E-state index contributed by atoms with van der Waals surface area (Å²) in [5.74, 6) is -0.704. The number of para-hydroxylation sites is 1. The standard InChI is InChI=1S/C26H23N3O6/c1-3-16-6-4-5-7-20(16)27-23(30)15-29-24(31)21(28-26(29)33)14-19-12-13-22(35-19)17-8-10-18(11-9-17)25(32)34-2/h4-14H,3,15H2,1-2H3,(H,27,30)(H,28,33)/b21-14+. The molecule has 0 unspecified atom stereocenters.